The molecule has 2 bridgehead atoms. The monoisotopic (exact) mass is 255 g/mol. The van der Waals surface area contributed by atoms with Gasteiger partial charge in [0.05, 0.1) is 0 Å². The van der Waals surface area contributed by atoms with Gasteiger partial charge in [0.1, 0.15) is 0 Å². The van der Waals surface area contributed by atoms with Gasteiger partial charge in [-0.3, -0.25) is 4.79 Å². The van der Waals surface area contributed by atoms with Crippen LogP contribution in [0.15, 0.2) is 24.3 Å². The van der Waals surface area contributed by atoms with Crippen LogP contribution in [-0.2, 0) is 11.2 Å². The Morgan fingerprint density at radius 3 is 2.37 bits per heavy atom. The Kier molecular flexibility index (Phi) is 2.48. The highest BCUT2D eigenvalue weighted by Gasteiger charge is 2.67. The first-order valence-electron chi connectivity index (χ1n) is 7.67. The summed E-state index contributed by atoms with van der Waals surface area (Å²) in [6.07, 6.45) is 5.20. The smallest absolute Gasteiger partial charge is 0.228 e. The molecule has 3 fully saturated rings. The molecule has 0 heterocycles. The number of carbonyl (C=O) groups excluding carboxylic acids is 1. The fraction of sp³-hybridized carbons (Fsp3) is 0.588. The lowest BCUT2D eigenvalue weighted by Gasteiger charge is -2.10. The van der Waals surface area contributed by atoms with Crippen molar-refractivity contribution in [2.45, 2.75) is 32.6 Å². The minimum absolute atomic E-state index is 0.274. The molecule has 19 heavy (non-hydrogen) atoms. The Labute approximate surface area is 114 Å². The van der Waals surface area contributed by atoms with E-state index in [-0.39, 0.29) is 5.91 Å². The summed E-state index contributed by atoms with van der Waals surface area (Å²) < 4.78 is 0. The lowest BCUT2D eigenvalue weighted by molar-refractivity contribution is -0.118. The van der Waals surface area contributed by atoms with Gasteiger partial charge in [-0.2, -0.15) is 0 Å². The van der Waals surface area contributed by atoms with E-state index >= 15 is 0 Å². The van der Waals surface area contributed by atoms with Crippen molar-refractivity contribution in [2.24, 2.45) is 29.6 Å². The summed E-state index contributed by atoms with van der Waals surface area (Å²) in [6, 6.07) is 8.27. The molecule has 3 aliphatic carbocycles. The molecular formula is C17H21NO. The van der Waals surface area contributed by atoms with Gasteiger partial charge in [0.15, 0.2) is 0 Å². The van der Waals surface area contributed by atoms with Gasteiger partial charge in [0, 0.05) is 11.6 Å². The zero-order valence-electron chi connectivity index (χ0n) is 11.4. The Balaban J connectivity index is 1.42. The van der Waals surface area contributed by atoms with Gasteiger partial charge >= 0.3 is 0 Å². The second kappa shape index (κ2) is 4.09. The quantitative estimate of drug-likeness (QED) is 0.880. The van der Waals surface area contributed by atoms with E-state index in [1.807, 2.05) is 12.1 Å². The number of benzene rings is 1. The van der Waals surface area contributed by atoms with Gasteiger partial charge in [-0.1, -0.05) is 19.1 Å². The number of carbonyl (C=O) groups is 1. The van der Waals surface area contributed by atoms with E-state index in [2.05, 4.69) is 24.4 Å². The minimum Gasteiger partial charge on any atom is -0.326 e. The van der Waals surface area contributed by atoms with E-state index in [1.165, 1.54) is 24.8 Å². The average Bonchev–Trinajstić information content (AvgIpc) is 2.89. The largest absolute Gasteiger partial charge is 0.326 e. The summed E-state index contributed by atoms with van der Waals surface area (Å²) in [5.41, 5.74) is 2.28. The van der Waals surface area contributed by atoms with Crippen LogP contribution in [0.2, 0.25) is 0 Å². The molecule has 0 saturated heterocycles. The number of anilines is 1. The van der Waals surface area contributed by atoms with Gasteiger partial charge in [0.2, 0.25) is 5.91 Å². The third kappa shape index (κ3) is 1.73. The van der Waals surface area contributed by atoms with Gasteiger partial charge in [0.25, 0.3) is 0 Å². The Morgan fingerprint density at radius 2 is 1.79 bits per heavy atom. The molecule has 1 aromatic carbocycles. The molecule has 4 rings (SSSR count). The van der Waals surface area contributed by atoms with E-state index < -0.39 is 0 Å². The number of nitrogens with one attached hydrogen (secondary N) is 1. The normalized spacial score (nSPS) is 38.1. The van der Waals surface area contributed by atoms with Gasteiger partial charge < -0.3 is 5.32 Å². The highest BCUT2D eigenvalue weighted by molar-refractivity contribution is 5.95. The second-order valence-corrected chi connectivity index (χ2v) is 6.55. The first-order chi connectivity index (χ1) is 9.28. The van der Waals surface area contributed by atoms with Crippen molar-refractivity contribution in [2.75, 3.05) is 5.32 Å². The van der Waals surface area contributed by atoms with Crippen LogP contribution in [0.4, 0.5) is 5.69 Å². The van der Waals surface area contributed by atoms with E-state index in [1.54, 1.807) is 0 Å². The predicted molar refractivity (Wildman–Crippen MR) is 75.8 cm³/mol. The average molecular weight is 255 g/mol. The molecule has 1 N–H and O–H groups in total. The van der Waals surface area contributed by atoms with Crippen molar-refractivity contribution in [1.82, 2.24) is 0 Å². The minimum atomic E-state index is 0.274. The molecule has 0 aliphatic heterocycles. The summed E-state index contributed by atoms with van der Waals surface area (Å²) in [4.78, 5) is 12.4. The lowest BCUT2D eigenvalue weighted by Crippen LogP contribution is -2.18. The molecule has 0 radical (unpaired) electrons. The first kappa shape index (κ1) is 11.5. The topological polar surface area (TPSA) is 29.1 Å². The molecule has 100 valence electrons. The third-order valence-electron chi connectivity index (χ3n) is 5.67. The van der Waals surface area contributed by atoms with Crippen LogP contribution in [-0.4, -0.2) is 5.91 Å². The number of hydrogen-bond acceptors (Lipinski definition) is 1. The van der Waals surface area contributed by atoms with Crippen LogP contribution in [0.5, 0.6) is 0 Å². The number of rotatable bonds is 3. The number of aryl methyl sites for hydroxylation is 1. The zero-order valence-corrected chi connectivity index (χ0v) is 11.4. The van der Waals surface area contributed by atoms with Crippen LogP contribution < -0.4 is 5.32 Å². The van der Waals surface area contributed by atoms with Crippen molar-refractivity contribution in [3.8, 4) is 0 Å². The maximum atomic E-state index is 12.4. The molecule has 2 heteroatoms. The van der Waals surface area contributed by atoms with Crippen molar-refractivity contribution in [1.29, 1.82) is 0 Å². The Bertz CT molecular complexity index is 490. The lowest BCUT2D eigenvalue weighted by atomic mass is 10.0. The summed E-state index contributed by atoms with van der Waals surface area (Å²) in [7, 11) is 0. The summed E-state index contributed by atoms with van der Waals surface area (Å²) in [5, 5.41) is 3.11. The summed E-state index contributed by atoms with van der Waals surface area (Å²) >= 11 is 0. The van der Waals surface area contributed by atoms with E-state index in [0.29, 0.717) is 5.92 Å². The van der Waals surface area contributed by atoms with Gasteiger partial charge in [-0.15, -0.1) is 0 Å². The van der Waals surface area contributed by atoms with Crippen LogP contribution in [0.1, 0.15) is 31.7 Å². The van der Waals surface area contributed by atoms with E-state index in [0.717, 1.165) is 35.8 Å². The predicted octanol–water partition coefficient (Wildman–Crippen LogP) is 3.48. The summed E-state index contributed by atoms with van der Waals surface area (Å²) in [6.45, 7) is 2.15. The molecule has 2 nitrogen and oxygen atoms in total. The van der Waals surface area contributed by atoms with Crippen molar-refractivity contribution >= 4 is 11.6 Å². The molecule has 1 amide bonds. The molecule has 3 saturated carbocycles. The van der Waals surface area contributed by atoms with Gasteiger partial charge in [-0.25, -0.2) is 0 Å². The maximum Gasteiger partial charge on any atom is 0.228 e. The number of hydrogen-bond donors (Lipinski definition) is 1. The number of amides is 1. The van der Waals surface area contributed by atoms with Gasteiger partial charge in [-0.05, 0) is 67.1 Å². The third-order valence-corrected chi connectivity index (χ3v) is 5.67. The molecular weight excluding hydrogens is 234 g/mol. The van der Waals surface area contributed by atoms with E-state index in [4.69, 9.17) is 0 Å². The Morgan fingerprint density at radius 1 is 1.16 bits per heavy atom. The Hall–Kier alpha value is -1.31. The van der Waals surface area contributed by atoms with Crippen LogP contribution in [0, 0.1) is 29.6 Å². The van der Waals surface area contributed by atoms with Crippen molar-refractivity contribution in [3.05, 3.63) is 29.8 Å². The molecule has 3 aliphatic rings. The fourth-order valence-corrected chi connectivity index (χ4v) is 4.72. The highest BCUT2D eigenvalue weighted by Crippen LogP contribution is 2.69. The standard InChI is InChI=1S/C17H21NO/c1-2-10-3-7-13(8-4-10)18-17(19)16-14-11-5-6-12(9-11)15(14)16/h3-4,7-8,11-12,14-16H,2,5-6,9H2,1H3,(H,18,19)/t11-,12+,14-,15-,16?/m1/s1. The highest BCUT2D eigenvalue weighted by atomic mass is 16.2. The SMILES string of the molecule is CCc1ccc(NC(=O)C2[C@@H]3[C@@H]4CC[C@@H](C4)[C@@H]23)cc1. The zero-order chi connectivity index (χ0) is 13.0. The van der Waals surface area contributed by atoms with Crippen molar-refractivity contribution < 1.29 is 4.79 Å². The fourth-order valence-electron chi connectivity index (χ4n) is 4.72. The maximum absolute atomic E-state index is 12.4. The molecule has 1 unspecified atom stereocenters. The van der Waals surface area contributed by atoms with E-state index in [9.17, 15) is 4.79 Å². The first-order valence-corrected chi connectivity index (χ1v) is 7.67. The van der Waals surface area contributed by atoms with Crippen LogP contribution >= 0.6 is 0 Å². The molecule has 0 aromatic heterocycles. The molecule has 5 atom stereocenters. The summed E-state index contributed by atoms with van der Waals surface area (Å²) in [5.74, 6) is 3.80. The van der Waals surface area contributed by atoms with Crippen molar-refractivity contribution in [3.63, 3.8) is 0 Å². The molecule has 0 spiro atoms. The van der Waals surface area contributed by atoms with Crippen LogP contribution in [0.25, 0.3) is 0 Å². The molecule has 1 aromatic rings. The number of fused-ring (bicyclic) bond motifs is 5. The second-order valence-electron chi connectivity index (χ2n) is 6.55. The van der Waals surface area contributed by atoms with Crippen LogP contribution in [0.3, 0.4) is 0 Å².